The van der Waals surface area contributed by atoms with Gasteiger partial charge in [0.15, 0.2) is 11.5 Å². The lowest BCUT2D eigenvalue weighted by molar-refractivity contribution is 0.101. The van der Waals surface area contributed by atoms with E-state index in [1.807, 2.05) is 89.5 Å². The maximum Gasteiger partial charge on any atom is 0.515 e. The van der Waals surface area contributed by atoms with Crippen LogP contribution in [0.3, 0.4) is 0 Å². The van der Waals surface area contributed by atoms with Gasteiger partial charge in [-0.1, -0.05) is 54.6 Å². The molecule has 0 radical (unpaired) electrons. The maximum atomic E-state index is 12.9. The van der Waals surface area contributed by atoms with E-state index in [-0.39, 0.29) is 6.61 Å². The summed E-state index contributed by atoms with van der Waals surface area (Å²) in [6.45, 7) is 2.59. The molecule has 218 valence electrons. The van der Waals surface area contributed by atoms with Gasteiger partial charge in [-0.3, -0.25) is 0 Å². The fourth-order valence-corrected chi connectivity index (χ4v) is 5.57. The highest BCUT2D eigenvalue weighted by atomic mass is 32.1. The van der Waals surface area contributed by atoms with Crippen molar-refractivity contribution >= 4 is 39.8 Å². The molecule has 6 rings (SSSR count). The topological polar surface area (TPSA) is 93.9 Å². The lowest BCUT2D eigenvalue weighted by atomic mass is 10.0. The lowest BCUT2D eigenvalue weighted by Crippen LogP contribution is -2.14. The molecule has 6 aromatic rings. The van der Waals surface area contributed by atoms with Gasteiger partial charge in [0.1, 0.15) is 23.4 Å². The highest BCUT2D eigenvalue weighted by Gasteiger charge is 2.26. The first-order valence-corrected chi connectivity index (χ1v) is 14.4. The van der Waals surface area contributed by atoms with Crippen LogP contribution in [0.1, 0.15) is 18.1 Å². The summed E-state index contributed by atoms with van der Waals surface area (Å²) in [5.41, 5.74) is 5.68. The molecular formula is C33H29N3O6S. The van der Waals surface area contributed by atoms with E-state index >= 15 is 0 Å². The molecule has 0 aliphatic rings. The molecule has 0 aliphatic heterocycles. The Morgan fingerprint density at radius 3 is 2.40 bits per heavy atom. The molecule has 0 bridgehead atoms. The minimum Gasteiger partial charge on any atom is -0.496 e. The number of carbonyl (C=O) groups is 1. The quantitative estimate of drug-likeness (QED) is 0.150. The van der Waals surface area contributed by atoms with Crippen LogP contribution in [0.4, 0.5) is 4.79 Å². The number of methoxy groups -OCH3 is 2. The van der Waals surface area contributed by atoms with Crippen molar-refractivity contribution in [3.63, 3.8) is 0 Å². The molecule has 4 aromatic carbocycles. The zero-order valence-electron chi connectivity index (χ0n) is 23.9. The van der Waals surface area contributed by atoms with Gasteiger partial charge in [-0.2, -0.15) is 8.75 Å². The number of hydrogen-bond donors (Lipinski definition) is 0. The fourth-order valence-electron chi connectivity index (χ4n) is 5.05. The van der Waals surface area contributed by atoms with Crippen molar-refractivity contribution in [2.75, 3.05) is 20.8 Å². The fraction of sp³-hybridized carbons (Fsp3) is 0.182. The summed E-state index contributed by atoms with van der Waals surface area (Å²) < 4.78 is 39.7. The van der Waals surface area contributed by atoms with Crippen LogP contribution in [0.15, 0.2) is 84.9 Å². The highest BCUT2D eigenvalue weighted by Crippen LogP contribution is 2.46. The van der Waals surface area contributed by atoms with Crippen molar-refractivity contribution in [1.29, 1.82) is 0 Å². The molecule has 0 fully saturated rings. The molecule has 2 heterocycles. The largest absolute Gasteiger partial charge is 0.515 e. The molecule has 0 atom stereocenters. The van der Waals surface area contributed by atoms with E-state index in [1.54, 1.807) is 21.1 Å². The molecule has 9 nitrogen and oxygen atoms in total. The predicted molar refractivity (Wildman–Crippen MR) is 165 cm³/mol. The van der Waals surface area contributed by atoms with Gasteiger partial charge < -0.3 is 28.3 Å². The van der Waals surface area contributed by atoms with Gasteiger partial charge in [0, 0.05) is 17.0 Å². The molecule has 0 unspecified atom stereocenters. The zero-order chi connectivity index (χ0) is 29.8. The van der Waals surface area contributed by atoms with Crippen LogP contribution in [0, 0.1) is 0 Å². The van der Waals surface area contributed by atoms with Crippen molar-refractivity contribution in [2.24, 2.45) is 0 Å². The van der Waals surface area contributed by atoms with Gasteiger partial charge in [-0.15, -0.1) is 0 Å². The Kier molecular flexibility index (Phi) is 8.10. The second-order valence-electron chi connectivity index (χ2n) is 9.63. The minimum atomic E-state index is -0.809. The second-order valence-corrected chi connectivity index (χ2v) is 10.2. The Morgan fingerprint density at radius 2 is 1.60 bits per heavy atom. The summed E-state index contributed by atoms with van der Waals surface area (Å²) in [6.07, 6.45) is -0.809. The van der Waals surface area contributed by atoms with Gasteiger partial charge in [0.05, 0.1) is 50.2 Å². The van der Waals surface area contributed by atoms with Crippen LogP contribution >= 0.6 is 11.7 Å². The van der Waals surface area contributed by atoms with Crippen molar-refractivity contribution < 1.29 is 28.5 Å². The van der Waals surface area contributed by atoms with Gasteiger partial charge in [-0.25, -0.2) is 4.79 Å². The molecule has 0 saturated carbocycles. The molecule has 43 heavy (non-hydrogen) atoms. The van der Waals surface area contributed by atoms with Gasteiger partial charge in [0.2, 0.25) is 5.88 Å². The number of aromatic nitrogens is 3. The van der Waals surface area contributed by atoms with Gasteiger partial charge >= 0.3 is 6.16 Å². The summed E-state index contributed by atoms with van der Waals surface area (Å²) >= 11 is 1.14. The summed E-state index contributed by atoms with van der Waals surface area (Å²) in [4.78, 5) is 12.9. The summed E-state index contributed by atoms with van der Waals surface area (Å²) in [5, 5.41) is 0.792. The summed E-state index contributed by atoms with van der Waals surface area (Å²) in [6, 6.07) is 27.2. The first-order valence-electron chi connectivity index (χ1n) is 13.7. The third-order valence-corrected chi connectivity index (χ3v) is 7.60. The van der Waals surface area contributed by atoms with Crippen LogP contribution in [-0.2, 0) is 17.9 Å². The number of nitrogens with zero attached hydrogens (tertiary/aromatic N) is 3. The number of ether oxygens (including phenoxy) is 5. The van der Waals surface area contributed by atoms with E-state index in [0.717, 1.165) is 50.4 Å². The van der Waals surface area contributed by atoms with Crippen LogP contribution in [0.5, 0.6) is 23.1 Å². The van der Waals surface area contributed by atoms with E-state index in [9.17, 15) is 4.79 Å². The molecule has 0 N–H and O–H groups in total. The predicted octanol–water partition coefficient (Wildman–Crippen LogP) is 7.49. The number of para-hydroxylation sites is 1. The van der Waals surface area contributed by atoms with Crippen molar-refractivity contribution in [2.45, 2.75) is 20.1 Å². The van der Waals surface area contributed by atoms with E-state index in [2.05, 4.69) is 8.75 Å². The van der Waals surface area contributed by atoms with Crippen LogP contribution in [0.2, 0.25) is 0 Å². The summed E-state index contributed by atoms with van der Waals surface area (Å²) in [7, 11) is 3.23. The van der Waals surface area contributed by atoms with Crippen LogP contribution < -0.4 is 18.9 Å². The van der Waals surface area contributed by atoms with E-state index < -0.39 is 6.16 Å². The Hall–Kier alpha value is -5.09. The molecule has 0 saturated heterocycles. The molecule has 10 heteroatoms. The van der Waals surface area contributed by atoms with E-state index in [1.165, 1.54) is 0 Å². The van der Waals surface area contributed by atoms with Crippen LogP contribution in [-0.4, -0.2) is 40.3 Å². The third kappa shape index (κ3) is 5.69. The normalized spacial score (nSPS) is 11.0. The third-order valence-electron chi connectivity index (χ3n) is 7.04. The van der Waals surface area contributed by atoms with Crippen molar-refractivity contribution in [1.82, 2.24) is 13.3 Å². The first-order chi connectivity index (χ1) is 21.1. The molecular weight excluding hydrogens is 566 g/mol. The van der Waals surface area contributed by atoms with Gasteiger partial charge in [0.25, 0.3) is 0 Å². The Bertz CT molecular complexity index is 1900. The van der Waals surface area contributed by atoms with E-state index in [4.69, 9.17) is 23.7 Å². The van der Waals surface area contributed by atoms with Crippen molar-refractivity contribution in [3.8, 4) is 34.3 Å². The zero-order valence-corrected chi connectivity index (χ0v) is 24.7. The monoisotopic (exact) mass is 595 g/mol. The first kappa shape index (κ1) is 28.0. The molecule has 2 aromatic heterocycles. The lowest BCUT2D eigenvalue weighted by Gasteiger charge is -2.15. The second kappa shape index (κ2) is 12.4. The number of rotatable bonds is 10. The number of fused-ring (bicyclic) bond motifs is 2. The summed E-state index contributed by atoms with van der Waals surface area (Å²) in [5.74, 6) is 2.10. The smallest absolute Gasteiger partial charge is 0.496 e. The standard InChI is InChI=1S/C33H29N3O6S/c1-4-40-33(37)42-32-31(22-14-15-25-26(16-22)35-43-34-25)24-17-29(39-3)30(41-20-21-10-6-5-7-11-21)18-27(24)36(32)19-23-12-8-9-13-28(23)38-2/h5-18H,4,19-20H2,1-3H3. The van der Waals surface area contributed by atoms with Crippen molar-refractivity contribution in [3.05, 3.63) is 96.1 Å². The maximum absolute atomic E-state index is 12.9. The highest BCUT2D eigenvalue weighted by molar-refractivity contribution is 7.00. The Morgan fingerprint density at radius 1 is 0.837 bits per heavy atom. The number of carbonyl (C=O) groups excluding carboxylic acids is 1. The minimum absolute atomic E-state index is 0.169. The SMILES string of the molecule is CCOC(=O)Oc1c(-c2ccc3nsnc3c2)c2cc(OC)c(OCc3ccccc3)cc2n1Cc1ccccc1OC. The number of hydrogen-bond acceptors (Lipinski definition) is 9. The van der Waals surface area contributed by atoms with Crippen LogP contribution in [0.25, 0.3) is 33.1 Å². The van der Waals surface area contributed by atoms with E-state index in [0.29, 0.717) is 41.8 Å². The molecule has 0 amide bonds. The Labute approximate surface area is 252 Å². The average molecular weight is 596 g/mol. The number of benzene rings is 4. The van der Waals surface area contributed by atoms with Gasteiger partial charge in [-0.05, 0) is 42.3 Å². The molecule has 0 aliphatic carbocycles. The Balaban J connectivity index is 1.59. The average Bonchev–Trinajstić information content (AvgIpc) is 3.62. The molecule has 0 spiro atoms.